The third kappa shape index (κ3) is 2.87. The molecule has 2 aromatic rings. The highest BCUT2D eigenvalue weighted by atomic mass is 16.5. The molecule has 2 N–H and O–H groups in total. The summed E-state index contributed by atoms with van der Waals surface area (Å²) in [6, 6.07) is 3.77. The van der Waals surface area contributed by atoms with Gasteiger partial charge in [0.1, 0.15) is 0 Å². The maximum atomic E-state index is 6.15. The zero-order valence-corrected chi connectivity index (χ0v) is 10.7. The lowest BCUT2D eigenvalue weighted by Crippen LogP contribution is -2.12. The van der Waals surface area contributed by atoms with Crippen LogP contribution in [0, 0.1) is 0 Å². The first-order chi connectivity index (χ1) is 8.72. The maximum Gasteiger partial charge on any atom is 0.212 e. The third-order valence-electron chi connectivity index (χ3n) is 2.87. The maximum absolute atomic E-state index is 6.15. The quantitative estimate of drug-likeness (QED) is 0.869. The Bertz CT molecular complexity index is 492. The molecule has 0 fully saturated rings. The number of nitrogens with zero attached hydrogens (tertiary/aromatic N) is 3. The first-order valence-electron chi connectivity index (χ1n) is 5.99. The molecule has 0 saturated heterocycles. The van der Waals surface area contributed by atoms with Gasteiger partial charge in [-0.15, -0.1) is 0 Å². The van der Waals surface area contributed by atoms with Gasteiger partial charge in [-0.1, -0.05) is 6.07 Å². The number of aryl methyl sites for hydroxylation is 1. The summed E-state index contributed by atoms with van der Waals surface area (Å²) >= 11 is 0. The number of nitrogens with two attached hydrogens (primary N) is 1. The van der Waals surface area contributed by atoms with E-state index < -0.39 is 0 Å². The standard InChI is InChI=1S/C13H18N4O/c1-3-17-9-11(8-16-17)12(14)6-10-4-5-13(18-2)15-7-10/h4-5,7-9,12H,3,6,14H2,1-2H3. The molecule has 18 heavy (non-hydrogen) atoms. The van der Waals surface area contributed by atoms with Gasteiger partial charge in [-0.25, -0.2) is 4.98 Å². The second-order valence-electron chi connectivity index (χ2n) is 4.15. The van der Waals surface area contributed by atoms with E-state index in [-0.39, 0.29) is 6.04 Å². The van der Waals surface area contributed by atoms with Crippen LogP contribution in [0.5, 0.6) is 5.88 Å². The van der Waals surface area contributed by atoms with Gasteiger partial charge in [0.05, 0.1) is 13.3 Å². The van der Waals surface area contributed by atoms with Crippen LogP contribution in [0.15, 0.2) is 30.7 Å². The fraction of sp³-hybridized carbons (Fsp3) is 0.385. The molecule has 96 valence electrons. The van der Waals surface area contributed by atoms with Crippen LogP contribution in [0.2, 0.25) is 0 Å². The van der Waals surface area contributed by atoms with Gasteiger partial charge < -0.3 is 10.5 Å². The first kappa shape index (κ1) is 12.6. The lowest BCUT2D eigenvalue weighted by molar-refractivity contribution is 0.397. The Morgan fingerprint density at radius 3 is 2.78 bits per heavy atom. The number of aromatic nitrogens is 3. The Morgan fingerprint density at radius 2 is 2.22 bits per heavy atom. The molecule has 2 aromatic heterocycles. The third-order valence-corrected chi connectivity index (χ3v) is 2.87. The molecule has 1 atom stereocenters. The summed E-state index contributed by atoms with van der Waals surface area (Å²) in [6.07, 6.45) is 6.35. The molecule has 0 aliphatic rings. The predicted molar refractivity (Wildman–Crippen MR) is 69.3 cm³/mol. The molecule has 0 bridgehead atoms. The fourth-order valence-corrected chi connectivity index (χ4v) is 1.77. The average molecular weight is 246 g/mol. The van der Waals surface area contributed by atoms with Crippen LogP contribution in [0.3, 0.4) is 0 Å². The second kappa shape index (κ2) is 5.64. The normalized spacial score (nSPS) is 12.4. The lowest BCUT2D eigenvalue weighted by atomic mass is 10.0. The van der Waals surface area contributed by atoms with Gasteiger partial charge >= 0.3 is 0 Å². The van der Waals surface area contributed by atoms with Crippen molar-refractivity contribution in [1.29, 1.82) is 0 Å². The zero-order chi connectivity index (χ0) is 13.0. The SMILES string of the molecule is CCn1cc(C(N)Cc2ccc(OC)nc2)cn1. The molecule has 5 nitrogen and oxygen atoms in total. The van der Waals surface area contributed by atoms with E-state index in [4.69, 9.17) is 10.5 Å². The first-order valence-corrected chi connectivity index (χ1v) is 5.99. The topological polar surface area (TPSA) is 66.0 Å². The number of pyridine rings is 1. The Morgan fingerprint density at radius 1 is 1.39 bits per heavy atom. The number of rotatable bonds is 5. The van der Waals surface area contributed by atoms with Crippen molar-refractivity contribution >= 4 is 0 Å². The predicted octanol–water partition coefficient (Wildman–Crippen LogP) is 1.55. The summed E-state index contributed by atoms with van der Waals surface area (Å²) in [5.74, 6) is 0.617. The molecule has 1 unspecified atom stereocenters. The average Bonchev–Trinajstić information content (AvgIpc) is 2.88. The summed E-state index contributed by atoms with van der Waals surface area (Å²) in [6.45, 7) is 2.91. The van der Waals surface area contributed by atoms with E-state index in [1.165, 1.54) is 0 Å². The summed E-state index contributed by atoms with van der Waals surface area (Å²) in [7, 11) is 1.60. The molecule has 0 aliphatic heterocycles. The Kier molecular flexibility index (Phi) is 3.94. The number of hydrogen-bond acceptors (Lipinski definition) is 4. The van der Waals surface area contributed by atoms with Crippen LogP contribution in [0.25, 0.3) is 0 Å². The fourth-order valence-electron chi connectivity index (χ4n) is 1.77. The number of methoxy groups -OCH3 is 1. The minimum Gasteiger partial charge on any atom is -0.481 e. The van der Waals surface area contributed by atoms with Crippen molar-refractivity contribution in [3.8, 4) is 5.88 Å². The van der Waals surface area contributed by atoms with Crippen molar-refractivity contribution in [3.05, 3.63) is 41.9 Å². The van der Waals surface area contributed by atoms with E-state index in [9.17, 15) is 0 Å². The highest BCUT2D eigenvalue weighted by molar-refractivity contribution is 5.21. The molecule has 2 heterocycles. The van der Waals surface area contributed by atoms with E-state index >= 15 is 0 Å². The molecule has 2 rings (SSSR count). The number of hydrogen-bond donors (Lipinski definition) is 1. The highest BCUT2D eigenvalue weighted by Gasteiger charge is 2.09. The Labute approximate surface area is 107 Å². The van der Waals surface area contributed by atoms with Gasteiger partial charge in [-0.05, 0) is 18.9 Å². The lowest BCUT2D eigenvalue weighted by Gasteiger charge is -2.09. The van der Waals surface area contributed by atoms with Gasteiger partial charge in [0.2, 0.25) is 5.88 Å². The Balaban J connectivity index is 2.03. The van der Waals surface area contributed by atoms with Crippen LogP contribution in [-0.2, 0) is 13.0 Å². The Hall–Kier alpha value is -1.88. The van der Waals surface area contributed by atoms with Crippen LogP contribution in [-0.4, -0.2) is 21.9 Å². The van der Waals surface area contributed by atoms with Crippen LogP contribution >= 0.6 is 0 Å². The van der Waals surface area contributed by atoms with E-state index in [0.29, 0.717) is 5.88 Å². The molecule has 0 aliphatic carbocycles. The second-order valence-corrected chi connectivity index (χ2v) is 4.15. The van der Waals surface area contributed by atoms with E-state index in [2.05, 4.69) is 17.0 Å². The van der Waals surface area contributed by atoms with E-state index in [1.54, 1.807) is 13.3 Å². The summed E-state index contributed by atoms with van der Waals surface area (Å²) in [4.78, 5) is 4.17. The van der Waals surface area contributed by atoms with Crippen molar-refractivity contribution in [3.63, 3.8) is 0 Å². The van der Waals surface area contributed by atoms with Crippen molar-refractivity contribution in [2.75, 3.05) is 7.11 Å². The molecular formula is C13H18N4O. The van der Waals surface area contributed by atoms with Crippen LogP contribution in [0.4, 0.5) is 0 Å². The summed E-state index contributed by atoms with van der Waals surface area (Å²) in [5.41, 5.74) is 8.29. The molecule has 5 heteroatoms. The smallest absolute Gasteiger partial charge is 0.212 e. The molecule has 0 saturated carbocycles. The van der Waals surface area contributed by atoms with E-state index in [1.807, 2.05) is 29.2 Å². The highest BCUT2D eigenvalue weighted by Crippen LogP contribution is 2.16. The molecule has 0 amide bonds. The van der Waals surface area contributed by atoms with Crippen molar-refractivity contribution < 1.29 is 4.74 Å². The van der Waals surface area contributed by atoms with Crippen LogP contribution in [0.1, 0.15) is 24.1 Å². The van der Waals surface area contributed by atoms with Gasteiger partial charge in [0.25, 0.3) is 0 Å². The van der Waals surface area contributed by atoms with Crippen molar-refractivity contribution in [2.24, 2.45) is 5.73 Å². The summed E-state index contributed by atoms with van der Waals surface area (Å²) < 4.78 is 6.90. The molecule has 0 radical (unpaired) electrons. The van der Waals surface area contributed by atoms with Gasteiger partial charge in [0.15, 0.2) is 0 Å². The monoisotopic (exact) mass is 246 g/mol. The summed E-state index contributed by atoms with van der Waals surface area (Å²) in [5, 5.41) is 4.23. The minimum atomic E-state index is -0.0551. The zero-order valence-electron chi connectivity index (χ0n) is 10.7. The van der Waals surface area contributed by atoms with Gasteiger partial charge in [-0.2, -0.15) is 5.10 Å². The van der Waals surface area contributed by atoms with Crippen LogP contribution < -0.4 is 10.5 Å². The van der Waals surface area contributed by atoms with Gasteiger partial charge in [-0.3, -0.25) is 4.68 Å². The largest absolute Gasteiger partial charge is 0.481 e. The minimum absolute atomic E-state index is 0.0551. The van der Waals surface area contributed by atoms with E-state index in [0.717, 1.165) is 24.1 Å². The van der Waals surface area contributed by atoms with Crippen molar-refractivity contribution in [1.82, 2.24) is 14.8 Å². The van der Waals surface area contributed by atoms with Crippen molar-refractivity contribution in [2.45, 2.75) is 25.9 Å². The molecular weight excluding hydrogens is 228 g/mol. The van der Waals surface area contributed by atoms with Gasteiger partial charge in [0, 0.05) is 36.6 Å². The molecule has 0 spiro atoms. The molecule has 0 aromatic carbocycles. The number of ether oxygens (including phenoxy) is 1.